The van der Waals surface area contributed by atoms with Gasteiger partial charge in [0.2, 0.25) is 5.91 Å². The van der Waals surface area contributed by atoms with Gasteiger partial charge in [-0.15, -0.1) is 0 Å². The van der Waals surface area contributed by atoms with Gasteiger partial charge in [-0.3, -0.25) is 14.4 Å². The van der Waals surface area contributed by atoms with Gasteiger partial charge in [0.05, 0.1) is 19.6 Å². The van der Waals surface area contributed by atoms with Crippen LogP contribution in [0.15, 0.2) is 30.3 Å². The molecule has 0 saturated carbocycles. The number of Topliss-reactive ketones (excluding diaryl/α,β-unsaturated/α-hetero) is 1. The first-order chi connectivity index (χ1) is 10.5. The summed E-state index contributed by atoms with van der Waals surface area (Å²) in [5, 5.41) is 0. The smallest absolute Gasteiger partial charge is 0.305 e. The summed E-state index contributed by atoms with van der Waals surface area (Å²) in [6.07, 6.45) is 0.0878. The zero-order chi connectivity index (χ0) is 16.3. The second-order valence-electron chi connectivity index (χ2n) is 5.71. The standard InChI is InChI=1S/C17H21NO4/c1-11(13-7-5-4-6-8-13)18-10-14(9-15(20)22-3)16(12(2)19)17(18)21/h4-8,11,14,16H,9-10H2,1-3H3/t11-,14+,16-/m1/s1. The van der Waals surface area contributed by atoms with E-state index in [-0.39, 0.29) is 30.1 Å². The second-order valence-corrected chi connectivity index (χ2v) is 5.71. The minimum atomic E-state index is -0.745. The summed E-state index contributed by atoms with van der Waals surface area (Å²) < 4.78 is 4.68. The Morgan fingerprint density at radius 2 is 1.95 bits per heavy atom. The SMILES string of the molecule is COC(=O)C[C@H]1CN([C@H](C)c2ccccc2)C(=O)[C@@H]1C(C)=O. The Hall–Kier alpha value is -2.17. The van der Waals surface area contributed by atoms with Crippen LogP contribution in [0, 0.1) is 11.8 Å². The average Bonchev–Trinajstić information content (AvgIpc) is 2.83. The van der Waals surface area contributed by atoms with Crippen LogP contribution in [0.25, 0.3) is 0 Å². The van der Waals surface area contributed by atoms with Gasteiger partial charge in [-0.2, -0.15) is 0 Å². The predicted molar refractivity (Wildman–Crippen MR) is 80.9 cm³/mol. The Kier molecular flexibility index (Phi) is 4.96. The minimum absolute atomic E-state index is 0.0878. The first-order valence-corrected chi connectivity index (χ1v) is 7.38. The van der Waals surface area contributed by atoms with Gasteiger partial charge in [-0.05, 0) is 19.4 Å². The quantitative estimate of drug-likeness (QED) is 0.616. The van der Waals surface area contributed by atoms with E-state index in [1.54, 1.807) is 4.90 Å². The van der Waals surface area contributed by atoms with E-state index >= 15 is 0 Å². The van der Waals surface area contributed by atoms with Crippen molar-refractivity contribution < 1.29 is 19.1 Å². The van der Waals surface area contributed by atoms with Crippen LogP contribution in [0.5, 0.6) is 0 Å². The van der Waals surface area contributed by atoms with Crippen LogP contribution in [0.1, 0.15) is 31.9 Å². The number of esters is 1. The highest BCUT2D eigenvalue weighted by Gasteiger charge is 2.45. The Labute approximate surface area is 130 Å². The van der Waals surface area contributed by atoms with Crippen molar-refractivity contribution in [3.05, 3.63) is 35.9 Å². The van der Waals surface area contributed by atoms with E-state index in [0.29, 0.717) is 6.54 Å². The number of rotatable bonds is 5. The number of ether oxygens (including phenoxy) is 1. The van der Waals surface area contributed by atoms with Gasteiger partial charge < -0.3 is 9.64 Å². The van der Waals surface area contributed by atoms with Gasteiger partial charge in [0.25, 0.3) is 0 Å². The number of amides is 1. The molecule has 0 radical (unpaired) electrons. The van der Waals surface area contributed by atoms with Gasteiger partial charge in [-0.25, -0.2) is 0 Å². The summed E-state index contributed by atoms with van der Waals surface area (Å²) in [5.41, 5.74) is 1.01. The highest BCUT2D eigenvalue weighted by atomic mass is 16.5. The number of carbonyl (C=O) groups excluding carboxylic acids is 3. The molecule has 2 rings (SSSR count). The Morgan fingerprint density at radius 3 is 2.50 bits per heavy atom. The van der Waals surface area contributed by atoms with Crippen molar-refractivity contribution in [1.82, 2.24) is 4.90 Å². The van der Waals surface area contributed by atoms with E-state index in [0.717, 1.165) is 5.56 Å². The molecular formula is C17H21NO4. The van der Waals surface area contributed by atoms with Crippen LogP contribution in [0.2, 0.25) is 0 Å². The normalized spacial score (nSPS) is 22.5. The molecule has 0 unspecified atom stereocenters. The number of benzene rings is 1. The predicted octanol–water partition coefficient (Wildman–Crippen LogP) is 1.97. The zero-order valence-corrected chi connectivity index (χ0v) is 13.1. The molecule has 1 saturated heterocycles. The molecule has 5 nitrogen and oxygen atoms in total. The maximum absolute atomic E-state index is 12.6. The maximum atomic E-state index is 12.6. The van der Waals surface area contributed by atoms with Crippen molar-refractivity contribution in [2.24, 2.45) is 11.8 Å². The lowest BCUT2D eigenvalue weighted by atomic mass is 9.89. The molecule has 1 fully saturated rings. The molecule has 0 spiro atoms. The van der Waals surface area contributed by atoms with Crippen molar-refractivity contribution in [2.45, 2.75) is 26.3 Å². The lowest BCUT2D eigenvalue weighted by Crippen LogP contribution is -2.32. The molecule has 118 valence electrons. The fraction of sp³-hybridized carbons (Fsp3) is 0.471. The van der Waals surface area contributed by atoms with Crippen LogP contribution in [0.4, 0.5) is 0 Å². The summed E-state index contributed by atoms with van der Waals surface area (Å²) in [4.78, 5) is 37.7. The lowest BCUT2D eigenvalue weighted by Gasteiger charge is -2.25. The molecule has 1 aromatic carbocycles. The van der Waals surface area contributed by atoms with Crippen molar-refractivity contribution in [1.29, 1.82) is 0 Å². The van der Waals surface area contributed by atoms with Crippen LogP contribution < -0.4 is 0 Å². The first kappa shape index (κ1) is 16.2. The third kappa shape index (κ3) is 3.18. The van der Waals surface area contributed by atoms with Gasteiger partial charge in [0, 0.05) is 12.5 Å². The molecule has 22 heavy (non-hydrogen) atoms. The Bertz CT molecular complexity index is 569. The van der Waals surface area contributed by atoms with E-state index in [1.165, 1.54) is 14.0 Å². The number of carbonyl (C=O) groups is 3. The van der Waals surface area contributed by atoms with E-state index in [1.807, 2.05) is 37.3 Å². The second kappa shape index (κ2) is 6.73. The molecule has 0 aromatic heterocycles. The van der Waals surface area contributed by atoms with Gasteiger partial charge in [-0.1, -0.05) is 30.3 Å². The molecule has 1 aliphatic heterocycles. The van der Waals surface area contributed by atoms with Gasteiger partial charge in [0.1, 0.15) is 11.7 Å². The zero-order valence-electron chi connectivity index (χ0n) is 13.1. The number of methoxy groups -OCH3 is 1. The van der Waals surface area contributed by atoms with E-state index in [2.05, 4.69) is 4.74 Å². The summed E-state index contributed by atoms with van der Waals surface area (Å²) in [5.74, 6) is -1.84. The summed E-state index contributed by atoms with van der Waals surface area (Å²) >= 11 is 0. The molecule has 1 aliphatic rings. The average molecular weight is 303 g/mol. The summed E-state index contributed by atoms with van der Waals surface area (Å²) in [6.45, 7) is 3.74. The first-order valence-electron chi connectivity index (χ1n) is 7.38. The molecule has 5 heteroatoms. The van der Waals surface area contributed by atoms with Gasteiger partial charge >= 0.3 is 5.97 Å². The van der Waals surface area contributed by atoms with Crippen molar-refractivity contribution in [3.63, 3.8) is 0 Å². The maximum Gasteiger partial charge on any atom is 0.305 e. The van der Waals surface area contributed by atoms with Crippen LogP contribution in [-0.2, 0) is 19.1 Å². The topological polar surface area (TPSA) is 63.7 Å². The lowest BCUT2D eigenvalue weighted by molar-refractivity contribution is -0.142. The Morgan fingerprint density at radius 1 is 1.32 bits per heavy atom. The highest BCUT2D eigenvalue weighted by molar-refractivity contribution is 6.02. The molecule has 0 aliphatic carbocycles. The van der Waals surface area contributed by atoms with E-state index in [9.17, 15) is 14.4 Å². The highest BCUT2D eigenvalue weighted by Crippen LogP contribution is 2.34. The van der Waals surface area contributed by atoms with Crippen molar-refractivity contribution in [3.8, 4) is 0 Å². The molecule has 1 aromatic rings. The summed E-state index contributed by atoms with van der Waals surface area (Å²) in [6, 6.07) is 9.53. The molecule has 1 heterocycles. The number of likely N-dealkylation sites (tertiary alicyclic amines) is 1. The number of hydrogen-bond acceptors (Lipinski definition) is 4. The monoisotopic (exact) mass is 303 g/mol. The van der Waals surface area contributed by atoms with Crippen molar-refractivity contribution >= 4 is 17.7 Å². The van der Waals surface area contributed by atoms with E-state index in [4.69, 9.17) is 0 Å². The fourth-order valence-electron chi connectivity index (χ4n) is 3.07. The number of nitrogens with zero attached hydrogens (tertiary/aromatic N) is 1. The Balaban J connectivity index is 2.22. The van der Waals surface area contributed by atoms with Crippen LogP contribution in [0.3, 0.4) is 0 Å². The minimum Gasteiger partial charge on any atom is -0.469 e. The molecular weight excluding hydrogens is 282 g/mol. The largest absolute Gasteiger partial charge is 0.469 e. The molecule has 0 bridgehead atoms. The van der Waals surface area contributed by atoms with Gasteiger partial charge in [0.15, 0.2) is 0 Å². The summed E-state index contributed by atoms with van der Waals surface area (Å²) in [7, 11) is 1.31. The fourth-order valence-corrected chi connectivity index (χ4v) is 3.07. The molecule has 0 N–H and O–H groups in total. The van der Waals surface area contributed by atoms with E-state index < -0.39 is 11.9 Å². The van der Waals surface area contributed by atoms with Crippen molar-refractivity contribution in [2.75, 3.05) is 13.7 Å². The van der Waals surface area contributed by atoms with Crippen LogP contribution in [-0.4, -0.2) is 36.2 Å². The number of ketones is 1. The molecule has 1 amide bonds. The third-order valence-electron chi connectivity index (χ3n) is 4.30. The molecule has 3 atom stereocenters. The third-order valence-corrected chi connectivity index (χ3v) is 4.30. The number of hydrogen-bond donors (Lipinski definition) is 0. The van der Waals surface area contributed by atoms with Crippen LogP contribution >= 0.6 is 0 Å².